The van der Waals surface area contributed by atoms with Crippen molar-refractivity contribution in [3.05, 3.63) is 0 Å². The van der Waals surface area contributed by atoms with Crippen LogP contribution in [0.4, 0.5) is 0 Å². The summed E-state index contributed by atoms with van der Waals surface area (Å²) in [5, 5.41) is 20.2. The van der Waals surface area contributed by atoms with Gasteiger partial charge >= 0.3 is 0 Å². The molecular formula is C12H20N4. The molecule has 16 heavy (non-hydrogen) atoms. The van der Waals surface area contributed by atoms with E-state index in [1.54, 1.807) is 0 Å². The van der Waals surface area contributed by atoms with E-state index in [0.29, 0.717) is 12.8 Å². The molecule has 0 aromatic rings. The highest BCUT2D eigenvalue weighted by Crippen LogP contribution is 2.16. The van der Waals surface area contributed by atoms with Gasteiger partial charge in [0, 0.05) is 25.9 Å². The first-order valence-corrected chi connectivity index (χ1v) is 6.03. The van der Waals surface area contributed by atoms with Gasteiger partial charge in [0.15, 0.2) is 0 Å². The molecule has 1 saturated heterocycles. The summed E-state index contributed by atoms with van der Waals surface area (Å²) in [5.74, 6) is 0.747. The van der Waals surface area contributed by atoms with E-state index < -0.39 is 0 Å². The van der Waals surface area contributed by atoms with Gasteiger partial charge in [-0.2, -0.15) is 10.5 Å². The summed E-state index contributed by atoms with van der Waals surface area (Å²) in [6.45, 7) is 5.00. The van der Waals surface area contributed by atoms with Crippen LogP contribution < -0.4 is 5.32 Å². The summed E-state index contributed by atoms with van der Waals surface area (Å²) in [6, 6.07) is 4.32. The van der Waals surface area contributed by atoms with E-state index >= 15 is 0 Å². The molecule has 4 nitrogen and oxygen atoms in total. The lowest BCUT2D eigenvalue weighted by Gasteiger charge is -2.31. The predicted octanol–water partition coefficient (Wildman–Crippen LogP) is 1.12. The molecule has 1 rings (SSSR count). The van der Waals surface area contributed by atoms with Crippen molar-refractivity contribution < 1.29 is 0 Å². The maximum absolute atomic E-state index is 8.50. The minimum absolute atomic E-state index is 0.598. The summed E-state index contributed by atoms with van der Waals surface area (Å²) >= 11 is 0. The lowest BCUT2D eigenvalue weighted by atomic mass is 9.96. The van der Waals surface area contributed by atoms with Gasteiger partial charge in [0.2, 0.25) is 0 Å². The normalized spacial score (nSPS) is 17.9. The van der Waals surface area contributed by atoms with E-state index in [-0.39, 0.29) is 0 Å². The Morgan fingerprint density at radius 3 is 2.44 bits per heavy atom. The molecule has 0 aromatic heterocycles. The zero-order chi connectivity index (χ0) is 11.6. The standard InChI is InChI=1S/C12H20N4/c13-5-1-7-15-11-12-3-9-16(10-4-12)8-2-6-14/h12,15H,1-4,7-11H2. The molecule has 1 N–H and O–H groups in total. The monoisotopic (exact) mass is 220 g/mol. The average molecular weight is 220 g/mol. The van der Waals surface area contributed by atoms with Crippen LogP contribution in [0.5, 0.6) is 0 Å². The van der Waals surface area contributed by atoms with Crippen LogP contribution in [-0.4, -0.2) is 37.6 Å². The first-order chi connectivity index (χ1) is 7.86. The number of nitriles is 2. The first-order valence-electron chi connectivity index (χ1n) is 6.03. The number of piperidine rings is 1. The minimum atomic E-state index is 0.598. The quantitative estimate of drug-likeness (QED) is 0.681. The number of nitrogens with one attached hydrogen (secondary N) is 1. The number of nitrogens with zero attached hydrogens (tertiary/aromatic N) is 3. The highest BCUT2D eigenvalue weighted by Gasteiger charge is 2.17. The second kappa shape index (κ2) is 8.10. The van der Waals surface area contributed by atoms with E-state index in [2.05, 4.69) is 22.4 Å². The largest absolute Gasteiger partial charge is 0.315 e. The van der Waals surface area contributed by atoms with Crippen LogP contribution in [0.2, 0.25) is 0 Å². The van der Waals surface area contributed by atoms with Crippen molar-refractivity contribution in [3.63, 3.8) is 0 Å². The molecule has 1 heterocycles. The molecule has 0 spiro atoms. The van der Waals surface area contributed by atoms with Crippen molar-refractivity contribution in [2.75, 3.05) is 32.7 Å². The summed E-state index contributed by atoms with van der Waals surface area (Å²) in [4.78, 5) is 2.37. The van der Waals surface area contributed by atoms with Gasteiger partial charge in [-0.25, -0.2) is 0 Å². The van der Waals surface area contributed by atoms with Gasteiger partial charge < -0.3 is 10.2 Å². The molecule has 1 aliphatic heterocycles. The second-order valence-electron chi connectivity index (χ2n) is 4.31. The van der Waals surface area contributed by atoms with Crippen LogP contribution in [0, 0.1) is 28.6 Å². The number of rotatable bonds is 6. The zero-order valence-electron chi connectivity index (χ0n) is 9.78. The van der Waals surface area contributed by atoms with Crippen molar-refractivity contribution in [1.82, 2.24) is 10.2 Å². The molecule has 0 unspecified atom stereocenters. The van der Waals surface area contributed by atoms with Crippen LogP contribution in [0.1, 0.15) is 25.7 Å². The lowest BCUT2D eigenvalue weighted by molar-refractivity contribution is 0.186. The second-order valence-corrected chi connectivity index (χ2v) is 4.31. The maximum Gasteiger partial charge on any atom is 0.0635 e. The van der Waals surface area contributed by atoms with Crippen LogP contribution in [0.15, 0.2) is 0 Å². The minimum Gasteiger partial charge on any atom is -0.315 e. The van der Waals surface area contributed by atoms with Crippen molar-refractivity contribution >= 4 is 0 Å². The Morgan fingerprint density at radius 1 is 1.12 bits per heavy atom. The third-order valence-corrected chi connectivity index (χ3v) is 3.09. The Morgan fingerprint density at radius 2 is 1.81 bits per heavy atom. The van der Waals surface area contributed by atoms with Gasteiger partial charge in [-0.05, 0) is 38.4 Å². The lowest BCUT2D eigenvalue weighted by Crippen LogP contribution is -2.37. The van der Waals surface area contributed by atoms with Gasteiger partial charge in [-0.3, -0.25) is 0 Å². The average Bonchev–Trinajstić information content (AvgIpc) is 2.33. The van der Waals surface area contributed by atoms with E-state index in [1.165, 1.54) is 12.8 Å². The third-order valence-electron chi connectivity index (χ3n) is 3.09. The van der Waals surface area contributed by atoms with E-state index in [1.807, 2.05) is 0 Å². The number of hydrogen-bond acceptors (Lipinski definition) is 4. The highest BCUT2D eigenvalue weighted by molar-refractivity contribution is 4.78. The van der Waals surface area contributed by atoms with Gasteiger partial charge in [0.1, 0.15) is 0 Å². The molecule has 1 aliphatic rings. The Hall–Kier alpha value is -1.10. The zero-order valence-corrected chi connectivity index (χ0v) is 9.78. The fraction of sp³-hybridized carbons (Fsp3) is 0.833. The number of likely N-dealkylation sites (tertiary alicyclic amines) is 1. The highest BCUT2D eigenvalue weighted by atomic mass is 15.1. The smallest absolute Gasteiger partial charge is 0.0635 e. The van der Waals surface area contributed by atoms with Gasteiger partial charge in [-0.1, -0.05) is 0 Å². The predicted molar refractivity (Wildman–Crippen MR) is 62.5 cm³/mol. The van der Waals surface area contributed by atoms with Crippen LogP contribution in [0.25, 0.3) is 0 Å². The molecule has 0 atom stereocenters. The summed E-state index contributed by atoms with van der Waals surface area (Å²) in [5.41, 5.74) is 0. The molecule has 0 saturated carbocycles. The molecule has 4 heteroatoms. The summed E-state index contributed by atoms with van der Waals surface area (Å²) in [7, 11) is 0. The van der Waals surface area contributed by atoms with Crippen molar-refractivity contribution in [2.45, 2.75) is 25.7 Å². The molecular weight excluding hydrogens is 200 g/mol. The van der Waals surface area contributed by atoms with E-state index in [4.69, 9.17) is 10.5 Å². The SMILES string of the molecule is N#CCCNCC1CCN(CCC#N)CC1. The first kappa shape index (κ1) is 13.0. The van der Waals surface area contributed by atoms with Gasteiger partial charge in [-0.15, -0.1) is 0 Å². The van der Waals surface area contributed by atoms with Crippen molar-refractivity contribution in [1.29, 1.82) is 10.5 Å². The van der Waals surface area contributed by atoms with Crippen molar-refractivity contribution in [3.8, 4) is 12.1 Å². The third kappa shape index (κ3) is 5.11. The van der Waals surface area contributed by atoms with Crippen LogP contribution >= 0.6 is 0 Å². The molecule has 0 aromatic carbocycles. The topological polar surface area (TPSA) is 62.9 Å². The van der Waals surface area contributed by atoms with E-state index in [9.17, 15) is 0 Å². The van der Waals surface area contributed by atoms with Crippen LogP contribution in [-0.2, 0) is 0 Å². The Labute approximate surface area is 97.8 Å². The summed E-state index contributed by atoms with van der Waals surface area (Å²) in [6.07, 6.45) is 3.67. The Kier molecular flexibility index (Phi) is 6.56. The molecule has 1 fully saturated rings. The fourth-order valence-electron chi connectivity index (χ4n) is 2.07. The van der Waals surface area contributed by atoms with Crippen LogP contribution in [0.3, 0.4) is 0 Å². The van der Waals surface area contributed by atoms with Crippen molar-refractivity contribution in [2.24, 2.45) is 5.92 Å². The Bertz CT molecular complexity index is 255. The molecule has 0 bridgehead atoms. The fourth-order valence-corrected chi connectivity index (χ4v) is 2.07. The molecule has 88 valence electrons. The Balaban J connectivity index is 2.04. The van der Waals surface area contributed by atoms with Gasteiger partial charge in [0.25, 0.3) is 0 Å². The van der Waals surface area contributed by atoms with E-state index in [0.717, 1.165) is 38.6 Å². The molecule has 0 radical (unpaired) electrons. The molecule has 0 amide bonds. The molecule has 0 aliphatic carbocycles. The summed E-state index contributed by atoms with van der Waals surface area (Å²) < 4.78 is 0. The maximum atomic E-state index is 8.50. The number of hydrogen-bond donors (Lipinski definition) is 1. The van der Waals surface area contributed by atoms with Gasteiger partial charge in [0.05, 0.1) is 12.1 Å².